The smallest absolute Gasteiger partial charge is 0.456 e. The fraction of sp³-hybridized carbons (Fsp3) is 0.746. The van der Waals surface area contributed by atoms with Gasteiger partial charge in [-0.15, -0.1) is 0 Å². The van der Waals surface area contributed by atoms with E-state index < -0.39 is 20.0 Å². The zero-order valence-corrected chi connectivity index (χ0v) is 49.0. The number of likely N-dealkylation sites (N-methyl/N-ethyl adjacent to an activating group) is 1. The monoisotopic (exact) mass is 1040 g/mol. The summed E-state index contributed by atoms with van der Waals surface area (Å²) >= 11 is 0. The third-order valence-corrected chi connectivity index (χ3v) is 13.8. The highest BCUT2D eigenvalue weighted by Crippen LogP contribution is 2.43. The Bertz CT molecular complexity index is 1530. The second-order valence-electron chi connectivity index (χ2n) is 21.2. The van der Waals surface area contributed by atoms with Crippen LogP contribution >= 0.6 is 7.82 Å². The first kappa shape index (κ1) is 70.2. The number of nitrogens with zero attached hydrogens (tertiary/aromatic N) is 1. The topological polar surface area (TPSA) is 111 Å². The zero-order valence-electron chi connectivity index (χ0n) is 48.1. The number of unbranched alkanes of at least 4 members (excludes halogenated alkanes) is 26. The first-order chi connectivity index (χ1) is 35.4. The maximum absolute atomic E-state index is 13.5. The summed E-state index contributed by atoms with van der Waals surface area (Å²) in [6.45, 7) is 6.92. The van der Waals surface area contributed by atoms with Gasteiger partial charge in [-0.2, -0.15) is 0 Å². The number of esters is 1. The van der Waals surface area contributed by atoms with Crippen LogP contribution in [0.3, 0.4) is 0 Å². The largest absolute Gasteiger partial charge is 0.472 e. The Morgan fingerprint density at radius 2 is 0.877 bits per heavy atom. The van der Waals surface area contributed by atoms with Crippen LogP contribution < -0.4 is 5.32 Å². The van der Waals surface area contributed by atoms with Gasteiger partial charge in [0.05, 0.1) is 33.8 Å². The van der Waals surface area contributed by atoms with Crippen molar-refractivity contribution >= 4 is 19.7 Å². The molecule has 0 rings (SSSR count). The molecule has 0 aromatic heterocycles. The molecular formula is C63H114N2O7P+. The molecule has 0 aromatic carbocycles. The molecule has 0 aliphatic heterocycles. The summed E-state index contributed by atoms with van der Waals surface area (Å²) in [5.41, 5.74) is 0. The van der Waals surface area contributed by atoms with E-state index >= 15 is 0 Å². The molecule has 73 heavy (non-hydrogen) atoms. The molecule has 1 amide bonds. The van der Waals surface area contributed by atoms with Gasteiger partial charge in [0.25, 0.3) is 0 Å². The molecule has 0 aliphatic rings. The number of allylic oxidation sites excluding steroid dienone is 13. The van der Waals surface area contributed by atoms with Gasteiger partial charge in [0.1, 0.15) is 19.3 Å². The third-order valence-electron chi connectivity index (χ3n) is 12.8. The van der Waals surface area contributed by atoms with Crippen molar-refractivity contribution < 1.29 is 37.3 Å². The van der Waals surface area contributed by atoms with Crippen LogP contribution in [0.5, 0.6) is 0 Å². The fourth-order valence-corrected chi connectivity index (χ4v) is 8.88. The predicted molar refractivity (Wildman–Crippen MR) is 314 cm³/mol. The van der Waals surface area contributed by atoms with Gasteiger partial charge in [0.2, 0.25) is 5.91 Å². The molecule has 3 atom stereocenters. The van der Waals surface area contributed by atoms with Crippen molar-refractivity contribution in [1.29, 1.82) is 0 Å². The average Bonchev–Trinajstić information content (AvgIpc) is 3.35. The molecule has 2 N–H and O–H groups in total. The van der Waals surface area contributed by atoms with Gasteiger partial charge in [-0.25, -0.2) is 4.57 Å². The number of phosphoric ester groups is 1. The van der Waals surface area contributed by atoms with Crippen LogP contribution in [-0.2, 0) is 27.9 Å². The average molecular weight is 1040 g/mol. The van der Waals surface area contributed by atoms with Gasteiger partial charge < -0.3 is 19.4 Å². The molecule has 0 heterocycles. The van der Waals surface area contributed by atoms with Crippen molar-refractivity contribution in [3.05, 3.63) is 85.1 Å². The Morgan fingerprint density at radius 1 is 0.493 bits per heavy atom. The Hall–Kier alpha value is -2.81. The summed E-state index contributed by atoms with van der Waals surface area (Å²) < 4.78 is 30.6. The van der Waals surface area contributed by atoms with Gasteiger partial charge in [0, 0.05) is 12.8 Å². The number of ether oxygens (including phenoxy) is 1. The Labute approximate surface area is 450 Å². The molecule has 0 radical (unpaired) electrons. The lowest BCUT2D eigenvalue weighted by Gasteiger charge is -2.27. The van der Waals surface area contributed by atoms with Crippen LogP contribution in [-0.4, -0.2) is 74.3 Å². The number of carbonyl (C=O) groups is 2. The van der Waals surface area contributed by atoms with E-state index in [2.05, 4.69) is 99.0 Å². The molecule has 0 saturated heterocycles. The summed E-state index contributed by atoms with van der Waals surface area (Å²) in [4.78, 5) is 37.6. The van der Waals surface area contributed by atoms with Crippen molar-refractivity contribution in [2.45, 2.75) is 264 Å². The maximum Gasteiger partial charge on any atom is 0.472 e. The van der Waals surface area contributed by atoms with Crippen LogP contribution in [0.1, 0.15) is 252 Å². The summed E-state index contributed by atoms with van der Waals surface area (Å²) in [5, 5.41) is 3.03. The highest BCUT2D eigenvalue weighted by atomic mass is 31.2. The van der Waals surface area contributed by atoms with Gasteiger partial charge in [-0.05, 0) is 102 Å². The van der Waals surface area contributed by atoms with Crippen LogP contribution in [0.4, 0.5) is 0 Å². The second kappa shape index (κ2) is 52.6. The summed E-state index contributed by atoms with van der Waals surface area (Å²) in [6, 6.07) is -0.873. The van der Waals surface area contributed by atoms with Crippen LogP contribution in [0, 0.1) is 0 Å². The zero-order chi connectivity index (χ0) is 53.6. The molecule has 0 saturated carbocycles. The van der Waals surface area contributed by atoms with Gasteiger partial charge in [-0.1, -0.05) is 222 Å². The van der Waals surface area contributed by atoms with E-state index in [9.17, 15) is 19.0 Å². The molecule has 0 aromatic rings. The number of hydrogen-bond acceptors (Lipinski definition) is 6. The van der Waals surface area contributed by atoms with Crippen LogP contribution in [0.2, 0.25) is 0 Å². The molecule has 0 spiro atoms. The number of amides is 1. The lowest BCUT2D eigenvalue weighted by Crippen LogP contribution is -2.47. The second-order valence-corrected chi connectivity index (χ2v) is 22.6. The van der Waals surface area contributed by atoms with Crippen molar-refractivity contribution in [2.24, 2.45) is 0 Å². The van der Waals surface area contributed by atoms with E-state index in [1.807, 2.05) is 33.3 Å². The highest BCUT2D eigenvalue weighted by Gasteiger charge is 2.30. The number of hydrogen-bond donors (Lipinski definition) is 2. The number of nitrogens with one attached hydrogen (secondary N) is 1. The Morgan fingerprint density at radius 3 is 1.37 bits per heavy atom. The predicted octanol–water partition coefficient (Wildman–Crippen LogP) is 18.2. The minimum Gasteiger partial charge on any atom is -0.456 e. The molecule has 422 valence electrons. The van der Waals surface area contributed by atoms with Crippen LogP contribution in [0.15, 0.2) is 85.1 Å². The summed E-state index contributed by atoms with van der Waals surface area (Å²) in [7, 11) is 1.46. The van der Waals surface area contributed by atoms with E-state index in [-0.39, 0.29) is 37.9 Å². The minimum absolute atomic E-state index is 0.0283. The van der Waals surface area contributed by atoms with E-state index in [1.165, 1.54) is 116 Å². The summed E-state index contributed by atoms with van der Waals surface area (Å²) in [5.74, 6) is -0.557. The highest BCUT2D eigenvalue weighted by molar-refractivity contribution is 7.47. The van der Waals surface area contributed by atoms with E-state index in [1.54, 1.807) is 0 Å². The third kappa shape index (κ3) is 53.8. The van der Waals surface area contributed by atoms with Gasteiger partial charge in [-0.3, -0.25) is 18.6 Å². The minimum atomic E-state index is -4.46. The molecule has 9 nitrogen and oxygen atoms in total. The normalized spacial score (nSPS) is 14.3. The molecule has 10 heteroatoms. The fourth-order valence-electron chi connectivity index (χ4n) is 8.15. The lowest BCUT2D eigenvalue weighted by molar-refractivity contribution is -0.870. The van der Waals surface area contributed by atoms with Gasteiger partial charge in [0.15, 0.2) is 0 Å². The van der Waals surface area contributed by atoms with Crippen molar-refractivity contribution in [1.82, 2.24) is 5.32 Å². The number of quaternary nitrogens is 1. The van der Waals surface area contributed by atoms with Crippen molar-refractivity contribution in [3.63, 3.8) is 0 Å². The van der Waals surface area contributed by atoms with Crippen LogP contribution in [0.25, 0.3) is 0 Å². The molecule has 0 fully saturated rings. The number of carbonyl (C=O) groups excluding carboxylic acids is 2. The quantitative estimate of drug-likeness (QED) is 0.0156. The molecule has 0 bridgehead atoms. The van der Waals surface area contributed by atoms with E-state index in [4.69, 9.17) is 13.8 Å². The van der Waals surface area contributed by atoms with E-state index in [0.717, 1.165) is 96.3 Å². The standard InChI is InChI=1S/C63H113N2O7P/c1-7-10-13-16-19-22-25-28-30-31-32-33-35-37-40-43-46-49-52-55-62(66)64-60(59-71-73(68,69)70-58-57-65(4,5)6)61(54-51-48-45-42-39-36-27-24-21-18-15-12-9-3)72-63(67)56-53-50-47-44-41-38-34-29-26-23-20-17-14-11-8-2/h19-20,22-23,26,28-30,32-33,37,40,51,54,60-61H,7-18,21,24-25,27,31,34-36,38-39,41-50,52-53,55-59H2,1-6H3,(H-,64,66,68,69)/p+1/b22-19-,23-20+,29-26+,30-28-,33-32-,40-37-,54-51-. The Balaban J connectivity index is 5.42. The molecule has 0 aliphatic carbocycles. The first-order valence-electron chi connectivity index (χ1n) is 29.9. The number of rotatable bonds is 53. The number of phosphoric acid groups is 1. The lowest BCUT2D eigenvalue weighted by atomic mass is 10.0. The first-order valence-corrected chi connectivity index (χ1v) is 31.4. The van der Waals surface area contributed by atoms with Crippen molar-refractivity contribution in [2.75, 3.05) is 40.9 Å². The molecule has 3 unspecified atom stereocenters. The Kier molecular flexibility index (Phi) is 50.6. The summed E-state index contributed by atoms with van der Waals surface area (Å²) in [6.07, 6.45) is 68.6. The molecular weight excluding hydrogens is 928 g/mol. The van der Waals surface area contributed by atoms with Crippen molar-refractivity contribution in [3.8, 4) is 0 Å². The van der Waals surface area contributed by atoms with Gasteiger partial charge >= 0.3 is 13.8 Å². The maximum atomic E-state index is 13.5. The SMILES string of the molecule is CCCCC/C=C\C/C=C\C/C=C\C/C=C\CCCCCC(=O)NC(COP(=O)(O)OCC[N+](C)(C)C)C(/C=C\CCCCCCCCCCCCC)OC(=O)CCCCCCCC/C=C/C=C/CCCCC. The van der Waals surface area contributed by atoms with E-state index in [0.29, 0.717) is 17.4 Å².